The van der Waals surface area contributed by atoms with Crippen LogP contribution >= 0.6 is 0 Å². The van der Waals surface area contributed by atoms with Crippen molar-refractivity contribution in [2.75, 3.05) is 26.3 Å². The Balaban J connectivity index is 1.97. The molecule has 0 radical (unpaired) electrons. The lowest BCUT2D eigenvalue weighted by atomic mass is 10.1. The third-order valence-corrected chi connectivity index (χ3v) is 5.17. The van der Waals surface area contributed by atoms with Crippen LogP contribution in [0.3, 0.4) is 0 Å². The summed E-state index contributed by atoms with van der Waals surface area (Å²) in [4.78, 5) is 0.338. The van der Waals surface area contributed by atoms with Crippen molar-refractivity contribution in [1.82, 2.24) is 8.87 Å². The molecule has 19 heavy (non-hydrogen) atoms. The van der Waals surface area contributed by atoms with Crippen LogP contribution in [0.15, 0.2) is 23.4 Å². The van der Waals surface area contributed by atoms with Gasteiger partial charge in [0.05, 0.1) is 24.2 Å². The second kappa shape index (κ2) is 6.04. The van der Waals surface area contributed by atoms with Crippen molar-refractivity contribution < 1.29 is 18.3 Å². The molecule has 0 aliphatic carbocycles. The van der Waals surface area contributed by atoms with Crippen LogP contribution in [-0.4, -0.2) is 54.8 Å². The maximum atomic E-state index is 12.4. The zero-order chi connectivity index (χ0) is 13.9. The molecule has 0 spiro atoms. The van der Waals surface area contributed by atoms with Gasteiger partial charge in [-0.2, -0.15) is 4.31 Å². The number of hydrogen-bond donors (Lipinski definition) is 1. The number of aliphatic hydroxyl groups is 1. The Kier molecular flexibility index (Phi) is 4.62. The number of aromatic nitrogens is 1. The largest absolute Gasteiger partial charge is 0.394 e. The van der Waals surface area contributed by atoms with Gasteiger partial charge in [-0.15, -0.1) is 0 Å². The predicted molar refractivity (Wildman–Crippen MR) is 70.2 cm³/mol. The molecule has 1 aliphatic rings. The highest BCUT2D eigenvalue weighted by atomic mass is 32.2. The van der Waals surface area contributed by atoms with Crippen molar-refractivity contribution in [3.8, 4) is 0 Å². The van der Waals surface area contributed by atoms with Crippen molar-refractivity contribution in [2.45, 2.75) is 23.8 Å². The molecule has 1 aromatic heterocycles. The zero-order valence-electron chi connectivity index (χ0n) is 11.0. The van der Waals surface area contributed by atoms with E-state index in [1.807, 2.05) is 0 Å². The summed E-state index contributed by atoms with van der Waals surface area (Å²) in [5, 5.41) is 8.70. The summed E-state index contributed by atoms with van der Waals surface area (Å²) in [7, 11) is -1.58. The van der Waals surface area contributed by atoms with Crippen molar-refractivity contribution in [3.63, 3.8) is 0 Å². The van der Waals surface area contributed by atoms with Gasteiger partial charge in [0.2, 0.25) is 10.0 Å². The van der Waals surface area contributed by atoms with E-state index in [4.69, 9.17) is 9.84 Å². The number of rotatable bonds is 5. The molecular formula is C12H20N2O4S. The van der Waals surface area contributed by atoms with Crippen molar-refractivity contribution >= 4 is 10.0 Å². The summed E-state index contributed by atoms with van der Waals surface area (Å²) in [5.74, 6) is 0. The third-order valence-electron chi connectivity index (χ3n) is 3.29. The molecule has 7 heteroatoms. The van der Waals surface area contributed by atoms with Crippen LogP contribution in [0.5, 0.6) is 0 Å². The summed E-state index contributed by atoms with van der Waals surface area (Å²) in [6, 6.07) is 1.61. The second-order valence-corrected chi connectivity index (χ2v) is 6.65. The molecule has 0 amide bonds. The maximum absolute atomic E-state index is 12.4. The van der Waals surface area contributed by atoms with Gasteiger partial charge in [0, 0.05) is 32.5 Å². The number of piperidine rings is 1. The molecule has 1 aromatic rings. The van der Waals surface area contributed by atoms with Crippen LogP contribution in [0.25, 0.3) is 0 Å². The first-order valence-corrected chi connectivity index (χ1v) is 7.82. The van der Waals surface area contributed by atoms with E-state index in [-0.39, 0.29) is 12.7 Å². The Morgan fingerprint density at radius 1 is 1.42 bits per heavy atom. The normalized spacial score (nSPS) is 18.8. The summed E-state index contributed by atoms with van der Waals surface area (Å²) < 4.78 is 33.4. The van der Waals surface area contributed by atoms with Crippen LogP contribution in [0.1, 0.15) is 12.8 Å². The SMILES string of the molecule is Cn1ccc(S(=O)(=O)N2CCC(OCCO)CC2)c1. The number of hydrogen-bond acceptors (Lipinski definition) is 4. The Labute approximate surface area is 113 Å². The minimum atomic E-state index is -3.38. The molecule has 1 fully saturated rings. The fraction of sp³-hybridized carbons (Fsp3) is 0.667. The summed E-state index contributed by atoms with van der Waals surface area (Å²) >= 11 is 0. The van der Waals surface area contributed by atoms with E-state index in [0.29, 0.717) is 37.4 Å². The lowest BCUT2D eigenvalue weighted by molar-refractivity contribution is 0.00318. The molecule has 0 atom stereocenters. The molecule has 1 saturated heterocycles. The van der Waals surface area contributed by atoms with Gasteiger partial charge < -0.3 is 14.4 Å². The maximum Gasteiger partial charge on any atom is 0.244 e. The first kappa shape index (κ1) is 14.5. The smallest absolute Gasteiger partial charge is 0.244 e. The van der Waals surface area contributed by atoms with E-state index >= 15 is 0 Å². The monoisotopic (exact) mass is 288 g/mol. The average Bonchev–Trinajstić information content (AvgIpc) is 2.84. The van der Waals surface area contributed by atoms with E-state index in [1.165, 1.54) is 4.31 Å². The van der Waals surface area contributed by atoms with Gasteiger partial charge in [0.15, 0.2) is 0 Å². The predicted octanol–water partition coefficient (Wildman–Crippen LogP) is 0.187. The topological polar surface area (TPSA) is 71.8 Å². The van der Waals surface area contributed by atoms with Gasteiger partial charge in [0.1, 0.15) is 0 Å². The highest BCUT2D eigenvalue weighted by molar-refractivity contribution is 7.89. The average molecular weight is 288 g/mol. The lowest BCUT2D eigenvalue weighted by Gasteiger charge is -2.30. The van der Waals surface area contributed by atoms with Gasteiger partial charge in [-0.05, 0) is 18.9 Å². The Morgan fingerprint density at radius 3 is 2.63 bits per heavy atom. The molecule has 0 bridgehead atoms. The standard InChI is InChI=1S/C12H20N2O4S/c1-13-5-4-12(10-13)19(16,17)14-6-2-11(3-7-14)18-9-8-15/h4-5,10-11,15H,2-3,6-9H2,1H3. The molecule has 1 N–H and O–H groups in total. The number of nitrogens with zero attached hydrogens (tertiary/aromatic N) is 2. The molecule has 2 heterocycles. The zero-order valence-corrected chi connectivity index (χ0v) is 11.8. The summed E-state index contributed by atoms with van der Waals surface area (Å²) in [6.45, 7) is 1.25. The fourth-order valence-corrected chi connectivity index (χ4v) is 3.76. The van der Waals surface area contributed by atoms with Crippen LogP contribution in [0, 0.1) is 0 Å². The van der Waals surface area contributed by atoms with Gasteiger partial charge in [-0.1, -0.05) is 0 Å². The van der Waals surface area contributed by atoms with Crippen molar-refractivity contribution in [3.05, 3.63) is 18.5 Å². The summed E-state index contributed by atoms with van der Waals surface area (Å²) in [6.07, 6.45) is 4.74. The molecule has 0 unspecified atom stereocenters. The number of aryl methyl sites for hydroxylation is 1. The first-order chi connectivity index (χ1) is 9.04. The van der Waals surface area contributed by atoms with E-state index in [1.54, 1.807) is 30.1 Å². The Morgan fingerprint density at radius 2 is 2.11 bits per heavy atom. The minimum Gasteiger partial charge on any atom is -0.394 e. The molecule has 108 valence electrons. The van der Waals surface area contributed by atoms with E-state index in [0.717, 1.165) is 0 Å². The van der Waals surface area contributed by atoms with E-state index < -0.39 is 10.0 Å². The van der Waals surface area contributed by atoms with Gasteiger partial charge in [-0.3, -0.25) is 0 Å². The van der Waals surface area contributed by atoms with Crippen LogP contribution in [-0.2, 0) is 21.8 Å². The van der Waals surface area contributed by atoms with Crippen LogP contribution in [0.4, 0.5) is 0 Å². The van der Waals surface area contributed by atoms with Crippen molar-refractivity contribution in [1.29, 1.82) is 0 Å². The van der Waals surface area contributed by atoms with Crippen LogP contribution in [0.2, 0.25) is 0 Å². The van der Waals surface area contributed by atoms with E-state index in [9.17, 15) is 8.42 Å². The van der Waals surface area contributed by atoms with Crippen LogP contribution < -0.4 is 0 Å². The number of ether oxygens (including phenoxy) is 1. The minimum absolute atomic E-state index is 0.00251. The molecule has 1 aliphatic heterocycles. The second-order valence-electron chi connectivity index (χ2n) is 4.71. The quantitative estimate of drug-likeness (QED) is 0.839. The highest BCUT2D eigenvalue weighted by Gasteiger charge is 2.29. The molecule has 6 nitrogen and oxygen atoms in total. The van der Waals surface area contributed by atoms with E-state index in [2.05, 4.69) is 0 Å². The Bertz CT molecular complexity index is 504. The van der Waals surface area contributed by atoms with Crippen molar-refractivity contribution in [2.24, 2.45) is 7.05 Å². The first-order valence-electron chi connectivity index (χ1n) is 6.38. The highest BCUT2D eigenvalue weighted by Crippen LogP contribution is 2.22. The van der Waals surface area contributed by atoms with Gasteiger partial charge in [0.25, 0.3) is 0 Å². The Hall–Kier alpha value is -0.890. The lowest BCUT2D eigenvalue weighted by Crippen LogP contribution is -2.40. The molecular weight excluding hydrogens is 268 g/mol. The van der Waals surface area contributed by atoms with Gasteiger partial charge in [-0.25, -0.2) is 8.42 Å². The number of sulfonamides is 1. The fourth-order valence-electron chi connectivity index (χ4n) is 2.24. The summed E-state index contributed by atoms with van der Waals surface area (Å²) in [5.41, 5.74) is 0. The molecule has 2 rings (SSSR count). The van der Waals surface area contributed by atoms with Gasteiger partial charge >= 0.3 is 0 Å². The molecule has 0 saturated carbocycles. The number of aliphatic hydroxyl groups excluding tert-OH is 1. The molecule has 0 aromatic carbocycles. The third kappa shape index (κ3) is 3.36.